The van der Waals surface area contributed by atoms with Crippen molar-refractivity contribution in [2.24, 2.45) is 46.3 Å². The van der Waals surface area contributed by atoms with Gasteiger partial charge in [0.25, 0.3) is 0 Å². The van der Waals surface area contributed by atoms with Gasteiger partial charge in [0, 0.05) is 6.42 Å². The number of aliphatic hydroxyl groups is 4. The first-order valence-corrected chi connectivity index (χ1v) is 13.6. The van der Waals surface area contributed by atoms with Crippen molar-refractivity contribution in [2.45, 2.75) is 103 Å². The molecule has 8 nitrogen and oxygen atoms in total. The van der Waals surface area contributed by atoms with Crippen LogP contribution in [0.3, 0.4) is 0 Å². The minimum Gasteiger partial charge on any atom is -0.480 e. The van der Waals surface area contributed by atoms with Crippen LogP contribution in [-0.2, 0) is 9.59 Å². The SMILES string of the molecule is C[C@H](CCC(=O)N[C@@H](CO)C(=O)O)[C@H]1CC[C@H]2[C@@H]3[C@H](O)[C@H](O)[C@@H]4C[C@H](O)CC[C@]4(C)[C@H]3CC[C@]12C. The zero-order valence-corrected chi connectivity index (χ0v) is 21.4. The molecule has 4 saturated carbocycles. The largest absolute Gasteiger partial charge is 0.480 e. The van der Waals surface area contributed by atoms with Crippen molar-refractivity contribution in [2.75, 3.05) is 6.61 Å². The van der Waals surface area contributed by atoms with Gasteiger partial charge in [-0.1, -0.05) is 20.8 Å². The molecule has 0 heterocycles. The molecule has 200 valence electrons. The van der Waals surface area contributed by atoms with Gasteiger partial charge in [-0.3, -0.25) is 4.79 Å². The first-order valence-electron chi connectivity index (χ1n) is 13.6. The van der Waals surface area contributed by atoms with Gasteiger partial charge in [-0.2, -0.15) is 0 Å². The van der Waals surface area contributed by atoms with Crippen LogP contribution in [0.15, 0.2) is 0 Å². The van der Waals surface area contributed by atoms with Crippen LogP contribution in [-0.4, -0.2) is 68.4 Å². The zero-order valence-electron chi connectivity index (χ0n) is 21.4. The van der Waals surface area contributed by atoms with E-state index in [-0.39, 0.29) is 40.9 Å². The van der Waals surface area contributed by atoms with Crippen LogP contribution in [0.4, 0.5) is 0 Å². The minimum absolute atomic E-state index is 0.0316. The topological polar surface area (TPSA) is 147 Å². The lowest BCUT2D eigenvalue weighted by Crippen LogP contribution is -2.64. The molecule has 35 heavy (non-hydrogen) atoms. The van der Waals surface area contributed by atoms with E-state index in [0.717, 1.165) is 38.5 Å². The number of aliphatic hydroxyl groups excluding tert-OH is 4. The van der Waals surface area contributed by atoms with Gasteiger partial charge in [0.05, 0.1) is 24.9 Å². The second-order valence-electron chi connectivity index (χ2n) is 12.7. The maximum absolute atomic E-state index is 12.3. The van der Waals surface area contributed by atoms with E-state index in [0.29, 0.717) is 30.6 Å². The van der Waals surface area contributed by atoms with Crippen LogP contribution in [0.25, 0.3) is 0 Å². The maximum atomic E-state index is 12.3. The highest BCUT2D eigenvalue weighted by molar-refractivity contribution is 5.83. The highest BCUT2D eigenvalue weighted by Crippen LogP contribution is 2.68. The number of carboxylic acid groups (broad SMARTS) is 1. The number of fused-ring (bicyclic) bond motifs is 5. The van der Waals surface area contributed by atoms with Crippen molar-refractivity contribution in [3.63, 3.8) is 0 Å². The van der Waals surface area contributed by atoms with Crippen molar-refractivity contribution in [3.8, 4) is 0 Å². The Labute approximate surface area is 208 Å². The molecule has 4 aliphatic carbocycles. The van der Waals surface area contributed by atoms with E-state index in [1.165, 1.54) is 0 Å². The van der Waals surface area contributed by atoms with E-state index in [1.54, 1.807) is 0 Å². The molecule has 0 radical (unpaired) electrons. The predicted molar refractivity (Wildman–Crippen MR) is 129 cm³/mol. The summed E-state index contributed by atoms with van der Waals surface area (Å²) in [5.41, 5.74) is -0.0249. The first kappa shape index (κ1) is 26.8. The van der Waals surface area contributed by atoms with Gasteiger partial charge in [-0.25, -0.2) is 4.79 Å². The molecule has 0 spiro atoms. The van der Waals surface area contributed by atoms with Gasteiger partial charge in [0.1, 0.15) is 6.04 Å². The van der Waals surface area contributed by atoms with Gasteiger partial charge >= 0.3 is 5.97 Å². The van der Waals surface area contributed by atoms with Crippen LogP contribution in [0.1, 0.15) is 78.6 Å². The summed E-state index contributed by atoms with van der Waals surface area (Å²) >= 11 is 0. The number of carbonyl (C=O) groups is 2. The van der Waals surface area contributed by atoms with E-state index >= 15 is 0 Å². The van der Waals surface area contributed by atoms with Gasteiger partial charge in [-0.05, 0) is 97.7 Å². The highest BCUT2D eigenvalue weighted by Gasteiger charge is 2.65. The first-order chi connectivity index (χ1) is 16.4. The van der Waals surface area contributed by atoms with E-state index in [2.05, 4.69) is 26.1 Å². The molecule has 0 aliphatic heterocycles. The monoisotopic (exact) mass is 495 g/mol. The van der Waals surface area contributed by atoms with Crippen LogP contribution < -0.4 is 5.32 Å². The number of nitrogens with one attached hydrogen (secondary N) is 1. The molecular formula is C27H45NO7. The van der Waals surface area contributed by atoms with Gasteiger partial charge in [0.15, 0.2) is 0 Å². The number of rotatable bonds is 7. The van der Waals surface area contributed by atoms with Crippen molar-refractivity contribution < 1.29 is 35.1 Å². The fraction of sp³-hybridized carbons (Fsp3) is 0.926. The minimum atomic E-state index is -1.27. The molecule has 6 N–H and O–H groups in total. The molecular weight excluding hydrogens is 450 g/mol. The summed E-state index contributed by atoms with van der Waals surface area (Å²) < 4.78 is 0. The molecule has 1 amide bonds. The van der Waals surface area contributed by atoms with Crippen LogP contribution >= 0.6 is 0 Å². The third kappa shape index (κ3) is 4.53. The second-order valence-corrected chi connectivity index (χ2v) is 12.7. The van der Waals surface area contributed by atoms with E-state index in [9.17, 15) is 24.9 Å². The van der Waals surface area contributed by atoms with Gasteiger partial charge < -0.3 is 30.8 Å². The number of carbonyl (C=O) groups excluding carboxylic acids is 1. The Balaban J connectivity index is 1.45. The number of hydrogen-bond acceptors (Lipinski definition) is 6. The average Bonchev–Trinajstić information content (AvgIpc) is 3.17. The lowest BCUT2D eigenvalue weighted by atomic mass is 9.43. The molecule has 0 aromatic carbocycles. The average molecular weight is 496 g/mol. The summed E-state index contributed by atoms with van der Waals surface area (Å²) in [6, 6.07) is -1.27. The quantitative estimate of drug-likeness (QED) is 0.316. The molecule has 0 unspecified atom stereocenters. The Morgan fingerprint density at radius 3 is 2.26 bits per heavy atom. The molecule has 4 rings (SSSR count). The molecule has 12 atom stereocenters. The molecule has 4 aliphatic rings. The zero-order chi connectivity index (χ0) is 25.7. The molecule has 0 bridgehead atoms. The Morgan fingerprint density at radius 2 is 1.60 bits per heavy atom. The Hall–Kier alpha value is -1.22. The number of aliphatic carboxylic acids is 1. The lowest BCUT2D eigenvalue weighted by Gasteiger charge is -2.63. The van der Waals surface area contributed by atoms with Gasteiger partial charge in [-0.15, -0.1) is 0 Å². The van der Waals surface area contributed by atoms with Crippen molar-refractivity contribution >= 4 is 11.9 Å². The third-order valence-corrected chi connectivity index (χ3v) is 11.1. The summed E-state index contributed by atoms with van der Waals surface area (Å²) in [5.74, 6) is -0.262. The molecule has 0 aromatic rings. The number of carboxylic acids is 1. The highest BCUT2D eigenvalue weighted by atomic mass is 16.4. The molecule has 0 saturated heterocycles. The summed E-state index contributed by atoms with van der Waals surface area (Å²) in [6.07, 6.45) is 5.27. The Kier molecular flexibility index (Phi) is 7.60. The van der Waals surface area contributed by atoms with E-state index in [1.807, 2.05) is 0 Å². The smallest absolute Gasteiger partial charge is 0.328 e. The second kappa shape index (κ2) is 9.92. The van der Waals surface area contributed by atoms with Crippen molar-refractivity contribution in [1.82, 2.24) is 5.32 Å². The maximum Gasteiger partial charge on any atom is 0.328 e. The van der Waals surface area contributed by atoms with Gasteiger partial charge in [0.2, 0.25) is 5.91 Å². The fourth-order valence-corrected chi connectivity index (χ4v) is 9.23. The van der Waals surface area contributed by atoms with Crippen LogP contribution in [0.5, 0.6) is 0 Å². The Bertz CT molecular complexity index is 806. The van der Waals surface area contributed by atoms with Crippen molar-refractivity contribution in [3.05, 3.63) is 0 Å². The van der Waals surface area contributed by atoms with Crippen LogP contribution in [0.2, 0.25) is 0 Å². The summed E-state index contributed by atoms with van der Waals surface area (Å²) in [4.78, 5) is 23.4. The molecule has 4 fully saturated rings. The van der Waals surface area contributed by atoms with Crippen LogP contribution in [0, 0.1) is 46.3 Å². The third-order valence-electron chi connectivity index (χ3n) is 11.1. The number of hydrogen-bond donors (Lipinski definition) is 6. The van der Waals surface area contributed by atoms with E-state index in [4.69, 9.17) is 10.2 Å². The number of amides is 1. The van der Waals surface area contributed by atoms with Crippen molar-refractivity contribution in [1.29, 1.82) is 0 Å². The predicted octanol–water partition coefficient (Wildman–Crippen LogP) is 1.93. The lowest BCUT2D eigenvalue weighted by molar-refractivity contribution is -0.223. The summed E-state index contributed by atoms with van der Waals surface area (Å²) in [5, 5.41) is 53.4. The fourth-order valence-electron chi connectivity index (χ4n) is 9.23. The standard InChI is InChI=1S/C27H45NO7/c1-14(4-7-21(31)28-20(13-29)25(34)35)16-5-6-17-22-18(9-11-26(16,17)2)27(3)10-8-15(30)12-19(27)23(32)24(22)33/h14-20,22-24,29-30,32-33H,4-13H2,1-3H3,(H,28,31)(H,34,35)/t14-,15-,16-,17+,18+,19+,20+,22+,23-,24+,26-,27-/m1/s1. The summed E-state index contributed by atoms with van der Waals surface area (Å²) in [6.45, 7) is 6.16. The van der Waals surface area contributed by atoms with E-state index < -0.39 is 36.9 Å². The Morgan fingerprint density at radius 1 is 0.943 bits per heavy atom. The summed E-state index contributed by atoms with van der Waals surface area (Å²) in [7, 11) is 0. The molecule has 0 aromatic heterocycles. The normalized spacial score (nSPS) is 46.6. The molecule has 8 heteroatoms.